The molecular formula is C25H23N3O3S2. The molecular weight excluding hydrogens is 454 g/mol. The summed E-state index contributed by atoms with van der Waals surface area (Å²) >= 11 is 7.10. The lowest BCUT2D eigenvalue weighted by Gasteiger charge is -2.14. The Morgan fingerprint density at radius 2 is 1.64 bits per heavy atom. The Morgan fingerprint density at radius 1 is 0.939 bits per heavy atom. The molecule has 168 valence electrons. The minimum Gasteiger partial charge on any atom is -0.495 e. The van der Waals surface area contributed by atoms with E-state index in [-0.39, 0.29) is 11.8 Å². The van der Waals surface area contributed by atoms with E-state index in [2.05, 4.69) is 10.6 Å². The molecule has 1 heterocycles. The number of hydrogen-bond donors (Lipinski definition) is 2. The molecule has 0 bridgehead atoms. The van der Waals surface area contributed by atoms with E-state index in [9.17, 15) is 9.59 Å². The fourth-order valence-electron chi connectivity index (χ4n) is 3.55. The Balaban J connectivity index is 1.27. The number of ether oxygens (including phenoxy) is 1. The number of hydrogen-bond acceptors (Lipinski definition) is 5. The summed E-state index contributed by atoms with van der Waals surface area (Å²) < 4.78 is 5.34. The van der Waals surface area contributed by atoms with Crippen molar-refractivity contribution in [2.24, 2.45) is 0 Å². The maximum Gasteiger partial charge on any atom is 0.261 e. The number of amides is 2. The van der Waals surface area contributed by atoms with Crippen LogP contribution < -0.4 is 15.4 Å². The van der Waals surface area contributed by atoms with Gasteiger partial charge in [0, 0.05) is 17.1 Å². The molecule has 33 heavy (non-hydrogen) atoms. The molecule has 2 amide bonds. The first kappa shape index (κ1) is 22.8. The average Bonchev–Trinajstić information content (AvgIpc) is 3.07. The SMILES string of the molecule is COc1ccccc1NC(=S)Nc1cccc(SCCCN2C(=O)c3ccccc3C2=O)c1. The number of rotatable bonds is 8. The van der Waals surface area contributed by atoms with Crippen molar-refractivity contribution in [3.8, 4) is 5.75 Å². The Morgan fingerprint density at radius 3 is 2.36 bits per heavy atom. The summed E-state index contributed by atoms with van der Waals surface area (Å²) in [6, 6.07) is 22.5. The van der Waals surface area contributed by atoms with Crippen molar-refractivity contribution >= 4 is 52.3 Å². The second-order valence-electron chi connectivity index (χ2n) is 7.32. The molecule has 0 radical (unpaired) electrons. The zero-order valence-corrected chi connectivity index (χ0v) is 19.7. The van der Waals surface area contributed by atoms with Crippen LogP contribution in [0.3, 0.4) is 0 Å². The first-order chi connectivity index (χ1) is 16.1. The molecule has 0 aromatic heterocycles. The Hall–Kier alpha value is -3.36. The first-order valence-corrected chi connectivity index (χ1v) is 11.9. The molecule has 3 aromatic rings. The van der Waals surface area contributed by atoms with Crippen LogP contribution in [0, 0.1) is 0 Å². The third-order valence-electron chi connectivity index (χ3n) is 5.12. The zero-order chi connectivity index (χ0) is 23.2. The number of methoxy groups -OCH3 is 1. The second-order valence-corrected chi connectivity index (χ2v) is 8.89. The number of carbonyl (C=O) groups is 2. The zero-order valence-electron chi connectivity index (χ0n) is 18.0. The van der Waals surface area contributed by atoms with Crippen molar-refractivity contribution in [2.45, 2.75) is 11.3 Å². The van der Waals surface area contributed by atoms with Gasteiger partial charge in [-0.3, -0.25) is 14.5 Å². The molecule has 6 nitrogen and oxygen atoms in total. The fourth-order valence-corrected chi connectivity index (χ4v) is 4.67. The van der Waals surface area contributed by atoms with E-state index in [1.807, 2.05) is 48.5 Å². The highest BCUT2D eigenvalue weighted by molar-refractivity contribution is 7.99. The Kier molecular flexibility index (Phi) is 7.26. The van der Waals surface area contributed by atoms with Crippen LogP contribution in [0.15, 0.2) is 77.7 Å². The molecule has 2 N–H and O–H groups in total. The van der Waals surface area contributed by atoms with Crippen LogP contribution in [-0.2, 0) is 0 Å². The minimum atomic E-state index is -0.206. The smallest absolute Gasteiger partial charge is 0.261 e. The van der Waals surface area contributed by atoms with Gasteiger partial charge in [-0.1, -0.05) is 30.3 Å². The standard InChI is InChI=1S/C25H23N3O3S2/c1-31-22-13-5-4-12-21(22)27-25(32)26-17-8-6-9-18(16-17)33-15-7-14-28-23(29)19-10-2-3-11-20(19)24(28)30/h2-6,8-13,16H,7,14-15H2,1H3,(H2,26,27,32). The van der Waals surface area contributed by atoms with Crippen molar-refractivity contribution in [3.63, 3.8) is 0 Å². The van der Waals surface area contributed by atoms with E-state index in [1.54, 1.807) is 43.1 Å². The van der Waals surface area contributed by atoms with Crippen LogP contribution in [0.4, 0.5) is 11.4 Å². The van der Waals surface area contributed by atoms with Crippen molar-refractivity contribution in [3.05, 3.63) is 83.9 Å². The van der Waals surface area contributed by atoms with Gasteiger partial charge in [0.2, 0.25) is 0 Å². The lowest BCUT2D eigenvalue weighted by atomic mass is 10.1. The summed E-state index contributed by atoms with van der Waals surface area (Å²) in [5, 5.41) is 6.81. The minimum absolute atomic E-state index is 0.206. The van der Waals surface area contributed by atoms with Gasteiger partial charge < -0.3 is 15.4 Å². The highest BCUT2D eigenvalue weighted by Gasteiger charge is 2.34. The number of fused-ring (bicyclic) bond motifs is 1. The number of anilines is 2. The van der Waals surface area contributed by atoms with Gasteiger partial charge in [-0.05, 0) is 66.9 Å². The summed E-state index contributed by atoms with van der Waals surface area (Å²) in [6.07, 6.45) is 0.710. The second kappa shape index (κ2) is 10.5. The van der Waals surface area contributed by atoms with Crippen LogP contribution >= 0.6 is 24.0 Å². The van der Waals surface area contributed by atoms with Gasteiger partial charge in [-0.15, -0.1) is 11.8 Å². The van der Waals surface area contributed by atoms with Gasteiger partial charge in [0.25, 0.3) is 11.8 Å². The molecule has 0 atom stereocenters. The number of nitrogens with zero attached hydrogens (tertiary/aromatic N) is 1. The van der Waals surface area contributed by atoms with Gasteiger partial charge in [-0.25, -0.2) is 0 Å². The number of imide groups is 1. The average molecular weight is 478 g/mol. The fraction of sp³-hybridized carbons (Fsp3) is 0.160. The normalized spacial score (nSPS) is 12.5. The van der Waals surface area contributed by atoms with Crippen molar-refractivity contribution in [2.75, 3.05) is 30.0 Å². The number of nitrogens with one attached hydrogen (secondary N) is 2. The predicted octanol–water partition coefficient (Wildman–Crippen LogP) is 5.28. The highest BCUT2D eigenvalue weighted by atomic mass is 32.2. The van der Waals surface area contributed by atoms with Gasteiger partial charge >= 0.3 is 0 Å². The maximum atomic E-state index is 12.5. The Labute approximate surface area is 202 Å². The third kappa shape index (κ3) is 5.35. The molecule has 0 aliphatic carbocycles. The number of thioether (sulfide) groups is 1. The third-order valence-corrected chi connectivity index (χ3v) is 6.40. The van der Waals surface area contributed by atoms with Gasteiger partial charge in [0.1, 0.15) is 5.75 Å². The number of thiocarbonyl (C=S) groups is 1. The maximum absolute atomic E-state index is 12.5. The van der Waals surface area contributed by atoms with Crippen molar-refractivity contribution in [1.29, 1.82) is 0 Å². The first-order valence-electron chi connectivity index (χ1n) is 10.5. The molecule has 1 aliphatic rings. The van der Waals surface area contributed by atoms with E-state index in [1.165, 1.54) is 4.90 Å². The van der Waals surface area contributed by atoms with Crippen LogP contribution in [0.2, 0.25) is 0 Å². The molecule has 0 saturated heterocycles. The van der Waals surface area contributed by atoms with E-state index >= 15 is 0 Å². The molecule has 1 aliphatic heterocycles. The summed E-state index contributed by atoms with van der Waals surface area (Å²) in [5.41, 5.74) is 2.64. The highest BCUT2D eigenvalue weighted by Crippen LogP contribution is 2.26. The quantitative estimate of drug-likeness (QED) is 0.198. The number of para-hydroxylation sites is 2. The summed E-state index contributed by atoms with van der Waals surface area (Å²) in [6.45, 7) is 0.407. The summed E-state index contributed by atoms with van der Waals surface area (Å²) in [4.78, 5) is 27.3. The predicted molar refractivity (Wildman–Crippen MR) is 136 cm³/mol. The molecule has 0 saturated carbocycles. The number of carbonyl (C=O) groups excluding carboxylic acids is 2. The summed E-state index contributed by atoms with van der Waals surface area (Å²) in [5.74, 6) is 1.08. The van der Waals surface area contributed by atoms with Gasteiger partial charge in [0.05, 0.1) is 23.9 Å². The molecule has 8 heteroatoms. The Bertz CT molecular complexity index is 1160. The monoisotopic (exact) mass is 477 g/mol. The van der Waals surface area contributed by atoms with Crippen molar-refractivity contribution < 1.29 is 14.3 Å². The lowest BCUT2D eigenvalue weighted by Crippen LogP contribution is -2.30. The van der Waals surface area contributed by atoms with Crippen LogP contribution in [0.1, 0.15) is 27.1 Å². The number of benzene rings is 3. The van der Waals surface area contributed by atoms with Crippen molar-refractivity contribution in [1.82, 2.24) is 4.90 Å². The topological polar surface area (TPSA) is 70.7 Å². The van der Waals surface area contributed by atoms with E-state index in [4.69, 9.17) is 17.0 Å². The van der Waals surface area contributed by atoms with E-state index in [0.717, 1.165) is 22.0 Å². The summed E-state index contributed by atoms with van der Waals surface area (Å²) in [7, 11) is 1.62. The molecule has 0 unspecified atom stereocenters. The van der Waals surface area contributed by atoms with Crippen LogP contribution in [0.25, 0.3) is 0 Å². The lowest BCUT2D eigenvalue weighted by molar-refractivity contribution is 0.0655. The molecule has 0 fully saturated rings. The molecule has 0 spiro atoms. The van der Waals surface area contributed by atoms with Gasteiger partial charge in [0.15, 0.2) is 5.11 Å². The van der Waals surface area contributed by atoms with Crippen LogP contribution in [0.5, 0.6) is 5.75 Å². The van der Waals surface area contributed by atoms with E-state index in [0.29, 0.717) is 35.0 Å². The molecule has 3 aromatic carbocycles. The molecule has 4 rings (SSSR count). The van der Waals surface area contributed by atoms with Crippen LogP contribution in [-0.4, -0.2) is 41.2 Å². The van der Waals surface area contributed by atoms with E-state index < -0.39 is 0 Å². The van der Waals surface area contributed by atoms with Gasteiger partial charge in [-0.2, -0.15) is 0 Å². The largest absolute Gasteiger partial charge is 0.495 e.